The molecule has 0 spiro atoms. The first-order valence-corrected chi connectivity index (χ1v) is 5.49. The zero-order chi connectivity index (χ0) is 13.0. The lowest BCUT2D eigenvalue weighted by molar-refractivity contribution is 0.102. The number of rotatable bonds is 3. The minimum atomic E-state index is -0.290. The van der Waals surface area contributed by atoms with Gasteiger partial charge in [-0.15, -0.1) is 0 Å². The van der Waals surface area contributed by atoms with E-state index in [0.717, 1.165) is 12.0 Å². The quantitative estimate of drug-likeness (QED) is 0.838. The summed E-state index contributed by atoms with van der Waals surface area (Å²) in [6, 6.07) is 12.0. The molecule has 2 rings (SSSR count). The number of carbonyl (C=O) groups is 2. The third-order valence-electron chi connectivity index (χ3n) is 2.40. The molecule has 2 aromatic rings. The van der Waals surface area contributed by atoms with Crippen molar-refractivity contribution in [2.24, 2.45) is 0 Å². The Morgan fingerprint density at radius 1 is 1.22 bits per heavy atom. The van der Waals surface area contributed by atoms with E-state index in [1.165, 1.54) is 0 Å². The van der Waals surface area contributed by atoms with Gasteiger partial charge in [-0.25, -0.2) is 4.98 Å². The molecule has 0 fully saturated rings. The Labute approximate surface area is 105 Å². The summed E-state index contributed by atoms with van der Waals surface area (Å²) in [4.78, 5) is 26.7. The van der Waals surface area contributed by atoms with E-state index in [0.29, 0.717) is 16.9 Å². The highest BCUT2D eigenvalue weighted by Gasteiger charge is 2.07. The third-order valence-corrected chi connectivity index (χ3v) is 2.40. The van der Waals surface area contributed by atoms with Crippen LogP contribution in [0.15, 0.2) is 42.5 Å². The Kier molecular flexibility index (Phi) is 3.48. The molecule has 1 aromatic heterocycles. The van der Waals surface area contributed by atoms with Gasteiger partial charge in [-0.3, -0.25) is 9.59 Å². The number of nitrogens with one attached hydrogen (secondary N) is 1. The summed E-state index contributed by atoms with van der Waals surface area (Å²) in [6.07, 6.45) is 0.737. The topological polar surface area (TPSA) is 59.1 Å². The van der Waals surface area contributed by atoms with Crippen LogP contribution in [0.5, 0.6) is 0 Å². The van der Waals surface area contributed by atoms with Crippen molar-refractivity contribution in [3.05, 3.63) is 59.4 Å². The first-order valence-electron chi connectivity index (χ1n) is 5.49. The second-order valence-corrected chi connectivity index (χ2v) is 3.86. The fourth-order valence-electron chi connectivity index (χ4n) is 1.55. The van der Waals surface area contributed by atoms with Gasteiger partial charge >= 0.3 is 0 Å². The van der Waals surface area contributed by atoms with E-state index in [-0.39, 0.29) is 5.91 Å². The minimum absolute atomic E-state index is 0.290. The number of aromatic nitrogens is 1. The number of pyridine rings is 1. The van der Waals surface area contributed by atoms with Crippen LogP contribution in [-0.2, 0) is 0 Å². The third kappa shape index (κ3) is 2.79. The Balaban J connectivity index is 2.18. The zero-order valence-electron chi connectivity index (χ0n) is 9.88. The number of aldehydes is 1. The molecule has 0 saturated heterocycles. The predicted molar refractivity (Wildman–Crippen MR) is 68.8 cm³/mol. The van der Waals surface area contributed by atoms with Crippen LogP contribution in [-0.4, -0.2) is 17.2 Å². The van der Waals surface area contributed by atoms with E-state index >= 15 is 0 Å². The summed E-state index contributed by atoms with van der Waals surface area (Å²) in [5.41, 5.74) is 2.23. The lowest BCUT2D eigenvalue weighted by Crippen LogP contribution is -2.14. The molecule has 1 heterocycles. The molecule has 18 heavy (non-hydrogen) atoms. The lowest BCUT2D eigenvalue weighted by atomic mass is 10.2. The Bertz CT molecular complexity index is 594. The van der Waals surface area contributed by atoms with Crippen molar-refractivity contribution in [2.45, 2.75) is 6.92 Å². The van der Waals surface area contributed by atoms with Gasteiger partial charge in [0.1, 0.15) is 12.0 Å². The van der Waals surface area contributed by atoms with Gasteiger partial charge in [0.25, 0.3) is 5.91 Å². The van der Waals surface area contributed by atoms with Crippen molar-refractivity contribution >= 4 is 17.9 Å². The van der Waals surface area contributed by atoms with Crippen LogP contribution in [0.4, 0.5) is 5.69 Å². The van der Waals surface area contributed by atoms with Gasteiger partial charge in [0.15, 0.2) is 0 Å². The van der Waals surface area contributed by atoms with E-state index in [9.17, 15) is 9.59 Å². The van der Waals surface area contributed by atoms with Crippen molar-refractivity contribution in [1.29, 1.82) is 0 Å². The van der Waals surface area contributed by atoms with Gasteiger partial charge in [-0.1, -0.05) is 18.2 Å². The fourth-order valence-corrected chi connectivity index (χ4v) is 1.55. The van der Waals surface area contributed by atoms with E-state index < -0.39 is 0 Å². The highest BCUT2D eigenvalue weighted by molar-refractivity contribution is 6.03. The molecule has 90 valence electrons. The number of carbonyl (C=O) groups excluding carboxylic acids is 2. The minimum Gasteiger partial charge on any atom is -0.321 e. The maximum atomic E-state index is 11.9. The number of hydrogen-bond acceptors (Lipinski definition) is 3. The monoisotopic (exact) mass is 240 g/mol. The van der Waals surface area contributed by atoms with Gasteiger partial charge in [0, 0.05) is 16.9 Å². The largest absolute Gasteiger partial charge is 0.321 e. The molecule has 4 heteroatoms. The molecule has 0 unspecified atom stereocenters. The molecule has 0 aliphatic carbocycles. The second-order valence-electron chi connectivity index (χ2n) is 3.86. The lowest BCUT2D eigenvalue weighted by Gasteiger charge is -2.05. The number of hydrogen-bond donors (Lipinski definition) is 1. The zero-order valence-corrected chi connectivity index (χ0v) is 9.88. The summed E-state index contributed by atoms with van der Waals surface area (Å²) in [5.74, 6) is -0.290. The number of benzene rings is 1. The molecule has 0 aliphatic heterocycles. The van der Waals surface area contributed by atoms with Crippen molar-refractivity contribution in [2.75, 3.05) is 5.32 Å². The van der Waals surface area contributed by atoms with Crippen molar-refractivity contribution in [1.82, 2.24) is 4.98 Å². The maximum Gasteiger partial charge on any atom is 0.274 e. The molecule has 1 N–H and O–H groups in total. The molecule has 0 aliphatic rings. The van der Waals surface area contributed by atoms with Crippen LogP contribution in [0.1, 0.15) is 26.5 Å². The number of nitrogens with zero attached hydrogens (tertiary/aromatic N) is 1. The van der Waals surface area contributed by atoms with E-state index in [1.54, 1.807) is 36.4 Å². The SMILES string of the molecule is Cc1cccc(C(=O)Nc2cccc(C=O)c2)n1. The molecule has 4 nitrogen and oxygen atoms in total. The molecule has 0 saturated carbocycles. The number of aryl methyl sites for hydroxylation is 1. The summed E-state index contributed by atoms with van der Waals surface area (Å²) < 4.78 is 0. The molecule has 1 aromatic carbocycles. The molecule has 1 amide bonds. The summed E-state index contributed by atoms with van der Waals surface area (Å²) in [6.45, 7) is 1.82. The van der Waals surface area contributed by atoms with Crippen LogP contribution in [0.2, 0.25) is 0 Å². The Hall–Kier alpha value is -2.49. The van der Waals surface area contributed by atoms with Crippen LogP contribution in [0.25, 0.3) is 0 Å². The van der Waals surface area contributed by atoms with Gasteiger partial charge < -0.3 is 5.32 Å². The van der Waals surface area contributed by atoms with Gasteiger partial charge in [0.2, 0.25) is 0 Å². The van der Waals surface area contributed by atoms with Crippen molar-refractivity contribution in [3.8, 4) is 0 Å². The average Bonchev–Trinajstić information content (AvgIpc) is 2.39. The molecule has 0 bridgehead atoms. The highest BCUT2D eigenvalue weighted by atomic mass is 16.1. The fraction of sp³-hybridized carbons (Fsp3) is 0.0714. The molecular weight excluding hydrogens is 228 g/mol. The summed E-state index contributed by atoms with van der Waals surface area (Å²) in [5, 5.41) is 2.70. The Morgan fingerprint density at radius 3 is 2.72 bits per heavy atom. The van der Waals surface area contributed by atoms with Crippen LogP contribution < -0.4 is 5.32 Å². The maximum absolute atomic E-state index is 11.9. The van der Waals surface area contributed by atoms with E-state index in [2.05, 4.69) is 10.3 Å². The first kappa shape index (κ1) is 12.0. The van der Waals surface area contributed by atoms with Crippen LogP contribution >= 0.6 is 0 Å². The second kappa shape index (κ2) is 5.23. The van der Waals surface area contributed by atoms with E-state index in [1.807, 2.05) is 13.0 Å². The van der Waals surface area contributed by atoms with E-state index in [4.69, 9.17) is 0 Å². The molecule has 0 atom stereocenters. The van der Waals surface area contributed by atoms with Crippen LogP contribution in [0.3, 0.4) is 0 Å². The molecular formula is C14H12N2O2. The van der Waals surface area contributed by atoms with Crippen LogP contribution in [0, 0.1) is 6.92 Å². The standard InChI is InChI=1S/C14H12N2O2/c1-10-4-2-7-13(15-10)14(18)16-12-6-3-5-11(8-12)9-17/h2-9H,1H3,(H,16,18). The van der Waals surface area contributed by atoms with Crippen molar-refractivity contribution in [3.63, 3.8) is 0 Å². The first-order chi connectivity index (χ1) is 8.69. The average molecular weight is 240 g/mol. The van der Waals surface area contributed by atoms with Crippen molar-refractivity contribution < 1.29 is 9.59 Å². The van der Waals surface area contributed by atoms with Gasteiger partial charge in [-0.2, -0.15) is 0 Å². The van der Waals surface area contributed by atoms with Gasteiger partial charge in [-0.05, 0) is 31.2 Å². The number of anilines is 1. The normalized spacial score (nSPS) is 9.83. The predicted octanol–water partition coefficient (Wildman–Crippen LogP) is 2.45. The summed E-state index contributed by atoms with van der Waals surface area (Å²) >= 11 is 0. The Morgan fingerprint density at radius 2 is 2.00 bits per heavy atom. The number of amides is 1. The summed E-state index contributed by atoms with van der Waals surface area (Å²) in [7, 11) is 0. The smallest absolute Gasteiger partial charge is 0.274 e. The van der Waals surface area contributed by atoms with Gasteiger partial charge in [0.05, 0.1) is 0 Å². The molecule has 0 radical (unpaired) electrons. The highest BCUT2D eigenvalue weighted by Crippen LogP contribution is 2.10.